The molecule has 0 saturated heterocycles. The molecule has 1 aromatic carbocycles. The van der Waals surface area contributed by atoms with Crippen molar-refractivity contribution in [1.29, 1.82) is 0 Å². The highest BCUT2D eigenvalue weighted by Gasteiger charge is 2.10. The van der Waals surface area contributed by atoms with E-state index < -0.39 is 6.10 Å². The molecular formula is C13H21FN2O. The number of benzene rings is 1. The Morgan fingerprint density at radius 3 is 2.76 bits per heavy atom. The van der Waals surface area contributed by atoms with Gasteiger partial charge in [0.25, 0.3) is 0 Å². The summed E-state index contributed by atoms with van der Waals surface area (Å²) >= 11 is 0. The van der Waals surface area contributed by atoms with E-state index >= 15 is 0 Å². The second-order valence-corrected chi connectivity index (χ2v) is 4.28. The Labute approximate surface area is 102 Å². The van der Waals surface area contributed by atoms with Crippen molar-refractivity contribution in [2.75, 3.05) is 25.0 Å². The molecule has 0 aliphatic rings. The van der Waals surface area contributed by atoms with Crippen molar-refractivity contribution in [3.8, 4) is 0 Å². The fourth-order valence-electron chi connectivity index (χ4n) is 1.82. The number of aliphatic hydroxyl groups excluding tert-OH is 1. The first-order valence-corrected chi connectivity index (χ1v) is 5.93. The Morgan fingerprint density at radius 2 is 2.18 bits per heavy atom. The van der Waals surface area contributed by atoms with Crippen molar-refractivity contribution >= 4 is 5.69 Å². The number of likely N-dealkylation sites (N-methyl/N-ethyl adjacent to an activating group) is 1. The molecule has 0 spiro atoms. The zero-order chi connectivity index (χ0) is 12.8. The summed E-state index contributed by atoms with van der Waals surface area (Å²) in [6.07, 6.45) is -0.406. The normalized spacial score (nSPS) is 12.5. The summed E-state index contributed by atoms with van der Waals surface area (Å²) < 4.78 is 13.2. The second kappa shape index (κ2) is 6.57. The van der Waals surface area contributed by atoms with Gasteiger partial charge in [0.1, 0.15) is 5.82 Å². The van der Waals surface area contributed by atoms with E-state index in [0.717, 1.165) is 17.8 Å². The highest BCUT2D eigenvalue weighted by Crippen LogP contribution is 2.20. The Bertz CT molecular complexity index is 355. The van der Waals surface area contributed by atoms with E-state index in [4.69, 9.17) is 0 Å². The molecule has 0 bridgehead atoms. The third-order valence-electron chi connectivity index (χ3n) is 2.56. The number of hydrogen-bond donors (Lipinski definition) is 2. The Hall–Kier alpha value is -1.13. The highest BCUT2D eigenvalue weighted by molar-refractivity contribution is 5.53. The van der Waals surface area contributed by atoms with E-state index in [9.17, 15) is 9.50 Å². The molecule has 1 atom stereocenters. The third-order valence-corrected chi connectivity index (χ3v) is 2.56. The van der Waals surface area contributed by atoms with Crippen molar-refractivity contribution in [2.45, 2.75) is 26.5 Å². The van der Waals surface area contributed by atoms with Gasteiger partial charge in [-0.25, -0.2) is 4.39 Å². The molecule has 0 fully saturated rings. The molecule has 1 unspecified atom stereocenters. The monoisotopic (exact) mass is 240 g/mol. The largest absolute Gasteiger partial charge is 0.392 e. The van der Waals surface area contributed by atoms with Crippen LogP contribution >= 0.6 is 0 Å². The summed E-state index contributed by atoms with van der Waals surface area (Å²) in [4.78, 5) is 1.94. The molecule has 1 aromatic rings. The lowest BCUT2D eigenvalue weighted by molar-refractivity contribution is 0.201. The van der Waals surface area contributed by atoms with Crippen LogP contribution in [0.4, 0.5) is 10.1 Å². The predicted molar refractivity (Wildman–Crippen MR) is 68.7 cm³/mol. The first kappa shape index (κ1) is 13.9. The van der Waals surface area contributed by atoms with Crippen LogP contribution in [-0.4, -0.2) is 31.3 Å². The van der Waals surface area contributed by atoms with Crippen molar-refractivity contribution < 1.29 is 9.50 Å². The van der Waals surface area contributed by atoms with Gasteiger partial charge in [0.05, 0.1) is 6.10 Å². The number of nitrogens with zero attached hydrogens (tertiary/aromatic N) is 1. The maximum Gasteiger partial charge on any atom is 0.123 e. The molecule has 3 nitrogen and oxygen atoms in total. The van der Waals surface area contributed by atoms with Crippen LogP contribution in [0.1, 0.15) is 19.4 Å². The Kier molecular flexibility index (Phi) is 5.38. The lowest BCUT2D eigenvalue weighted by Crippen LogP contribution is -2.28. The number of hydrogen-bond acceptors (Lipinski definition) is 3. The summed E-state index contributed by atoms with van der Waals surface area (Å²) in [6, 6.07) is 4.74. The van der Waals surface area contributed by atoms with Crippen LogP contribution in [0, 0.1) is 5.82 Å². The predicted octanol–water partition coefficient (Wildman–Crippen LogP) is 1.75. The smallest absolute Gasteiger partial charge is 0.123 e. The van der Waals surface area contributed by atoms with Gasteiger partial charge < -0.3 is 15.3 Å². The zero-order valence-electron chi connectivity index (χ0n) is 10.7. The number of rotatable bonds is 6. The molecule has 0 heterocycles. The zero-order valence-corrected chi connectivity index (χ0v) is 10.7. The molecule has 1 rings (SSSR count). The first-order valence-electron chi connectivity index (χ1n) is 5.93. The van der Waals surface area contributed by atoms with Gasteiger partial charge in [-0.2, -0.15) is 0 Å². The second-order valence-electron chi connectivity index (χ2n) is 4.28. The van der Waals surface area contributed by atoms with Crippen molar-refractivity contribution in [2.24, 2.45) is 0 Å². The van der Waals surface area contributed by atoms with E-state index in [-0.39, 0.29) is 5.82 Å². The van der Waals surface area contributed by atoms with Crippen molar-refractivity contribution in [3.63, 3.8) is 0 Å². The maximum absolute atomic E-state index is 13.2. The van der Waals surface area contributed by atoms with E-state index in [0.29, 0.717) is 13.1 Å². The van der Waals surface area contributed by atoms with Gasteiger partial charge in [-0.1, -0.05) is 6.92 Å². The minimum atomic E-state index is -0.406. The van der Waals surface area contributed by atoms with E-state index in [2.05, 4.69) is 5.32 Å². The van der Waals surface area contributed by atoms with Crippen LogP contribution in [0.2, 0.25) is 0 Å². The Balaban J connectivity index is 2.88. The van der Waals surface area contributed by atoms with Gasteiger partial charge in [0.15, 0.2) is 0 Å². The molecule has 17 heavy (non-hydrogen) atoms. The number of halogens is 1. The molecule has 0 saturated carbocycles. The summed E-state index contributed by atoms with van der Waals surface area (Å²) in [5, 5.41) is 12.6. The van der Waals surface area contributed by atoms with Crippen LogP contribution in [0.25, 0.3) is 0 Å². The molecule has 0 aliphatic carbocycles. The van der Waals surface area contributed by atoms with Gasteiger partial charge >= 0.3 is 0 Å². The van der Waals surface area contributed by atoms with E-state index in [1.807, 2.05) is 18.9 Å². The minimum absolute atomic E-state index is 0.230. The molecular weight excluding hydrogens is 219 g/mol. The van der Waals surface area contributed by atoms with Gasteiger partial charge in [-0.15, -0.1) is 0 Å². The van der Waals surface area contributed by atoms with Gasteiger partial charge in [-0.3, -0.25) is 0 Å². The van der Waals surface area contributed by atoms with Crippen LogP contribution in [-0.2, 0) is 6.54 Å². The average Bonchev–Trinajstić information content (AvgIpc) is 2.25. The SMILES string of the molecule is CCNCc1cc(F)ccc1N(C)CC(C)O. The molecule has 0 aromatic heterocycles. The molecule has 0 amide bonds. The Morgan fingerprint density at radius 1 is 1.47 bits per heavy atom. The summed E-state index contributed by atoms with van der Waals surface area (Å²) in [5.74, 6) is -0.230. The number of nitrogens with one attached hydrogen (secondary N) is 1. The lowest BCUT2D eigenvalue weighted by atomic mass is 10.1. The first-order chi connectivity index (χ1) is 8.04. The number of anilines is 1. The topological polar surface area (TPSA) is 35.5 Å². The molecule has 4 heteroatoms. The summed E-state index contributed by atoms with van der Waals surface area (Å²) in [7, 11) is 1.90. The van der Waals surface area contributed by atoms with Gasteiger partial charge in [0.2, 0.25) is 0 Å². The fraction of sp³-hybridized carbons (Fsp3) is 0.538. The lowest BCUT2D eigenvalue weighted by Gasteiger charge is -2.24. The highest BCUT2D eigenvalue weighted by atomic mass is 19.1. The van der Waals surface area contributed by atoms with E-state index in [1.54, 1.807) is 13.0 Å². The van der Waals surface area contributed by atoms with E-state index in [1.165, 1.54) is 12.1 Å². The number of aliphatic hydroxyl groups is 1. The molecule has 0 aliphatic heterocycles. The minimum Gasteiger partial charge on any atom is -0.392 e. The maximum atomic E-state index is 13.2. The van der Waals surface area contributed by atoms with Gasteiger partial charge in [-0.05, 0) is 37.2 Å². The van der Waals surface area contributed by atoms with Crippen molar-refractivity contribution in [3.05, 3.63) is 29.6 Å². The summed E-state index contributed by atoms with van der Waals surface area (Å²) in [5.41, 5.74) is 1.86. The van der Waals surface area contributed by atoms with Crippen LogP contribution in [0.15, 0.2) is 18.2 Å². The van der Waals surface area contributed by atoms with Crippen LogP contribution in [0.3, 0.4) is 0 Å². The fourth-order valence-corrected chi connectivity index (χ4v) is 1.82. The standard InChI is InChI=1S/C13H21FN2O/c1-4-15-8-11-7-12(14)5-6-13(11)16(3)9-10(2)17/h5-7,10,15,17H,4,8-9H2,1-3H3. The average molecular weight is 240 g/mol. The molecule has 0 radical (unpaired) electrons. The van der Waals surface area contributed by atoms with Crippen LogP contribution < -0.4 is 10.2 Å². The quantitative estimate of drug-likeness (QED) is 0.795. The van der Waals surface area contributed by atoms with Crippen molar-refractivity contribution in [1.82, 2.24) is 5.32 Å². The molecule has 2 N–H and O–H groups in total. The summed E-state index contributed by atoms with van der Waals surface area (Å²) in [6.45, 7) is 5.76. The molecule has 96 valence electrons. The third kappa shape index (κ3) is 4.32. The van der Waals surface area contributed by atoms with Crippen LogP contribution in [0.5, 0.6) is 0 Å². The van der Waals surface area contributed by atoms with Gasteiger partial charge in [0, 0.05) is 25.8 Å².